The molecule has 0 aliphatic carbocycles. The molecule has 0 aromatic heterocycles. The Hall–Kier alpha value is -3.45. The molecule has 0 unspecified atom stereocenters. The second-order valence-corrected chi connectivity index (χ2v) is 6.10. The second kappa shape index (κ2) is 7.43. The minimum atomic E-state index is -4.53. The van der Waals surface area contributed by atoms with Crippen LogP contribution >= 0.6 is 0 Å². The highest BCUT2D eigenvalue weighted by atomic mass is 19.4. The molecule has 2 aromatic rings. The topological polar surface area (TPSA) is 62.9 Å². The van der Waals surface area contributed by atoms with Crippen molar-refractivity contribution < 1.29 is 13.2 Å². The lowest BCUT2D eigenvalue weighted by Crippen LogP contribution is -2.32. The minimum Gasteiger partial charge on any atom is -0.366 e. The van der Waals surface area contributed by atoms with Gasteiger partial charge in [0.05, 0.1) is 5.56 Å². The first-order valence-electron chi connectivity index (χ1n) is 8.22. The molecule has 0 spiro atoms. The average Bonchev–Trinajstić information content (AvgIpc) is 2.67. The number of hydrogen-bond donors (Lipinski definition) is 1. The molecule has 1 aliphatic rings. The summed E-state index contributed by atoms with van der Waals surface area (Å²) < 4.78 is 40.9. The number of hydrogen-bond acceptors (Lipinski definition) is 4. The molecular weight excluding hydrogens is 353 g/mol. The van der Waals surface area contributed by atoms with Gasteiger partial charge in [0.25, 0.3) is 0 Å². The summed E-state index contributed by atoms with van der Waals surface area (Å²) in [6.45, 7) is 0.915. The van der Waals surface area contributed by atoms with Crippen LogP contribution in [0.15, 0.2) is 54.2 Å². The van der Waals surface area contributed by atoms with Crippen molar-refractivity contribution in [2.24, 2.45) is 0 Å². The maximum absolute atomic E-state index is 13.6. The first-order valence-corrected chi connectivity index (χ1v) is 8.22. The Kier molecular flexibility index (Phi) is 5.05. The molecule has 3 rings (SSSR count). The van der Waals surface area contributed by atoms with Gasteiger partial charge in [-0.05, 0) is 35.7 Å². The monoisotopic (exact) mass is 368 g/mol. The van der Waals surface area contributed by atoms with Crippen molar-refractivity contribution in [2.45, 2.75) is 19.1 Å². The van der Waals surface area contributed by atoms with Gasteiger partial charge >= 0.3 is 6.18 Å². The summed E-state index contributed by atoms with van der Waals surface area (Å²) >= 11 is 0. The molecule has 136 valence electrons. The highest BCUT2D eigenvalue weighted by Gasteiger charge is 2.35. The lowest BCUT2D eigenvalue weighted by atomic mass is 9.98. The average molecular weight is 368 g/mol. The van der Waals surface area contributed by atoms with Crippen molar-refractivity contribution >= 4 is 11.4 Å². The number of benzene rings is 2. The zero-order valence-corrected chi connectivity index (χ0v) is 14.2. The Morgan fingerprint density at radius 1 is 1.07 bits per heavy atom. The van der Waals surface area contributed by atoms with Crippen molar-refractivity contribution in [3.8, 4) is 12.1 Å². The first kappa shape index (κ1) is 18.3. The van der Waals surface area contributed by atoms with Gasteiger partial charge in [0.15, 0.2) is 0 Å². The lowest BCUT2D eigenvalue weighted by molar-refractivity contribution is -0.137. The van der Waals surface area contributed by atoms with Crippen molar-refractivity contribution in [1.82, 2.24) is 0 Å². The molecule has 1 aliphatic heterocycles. The van der Waals surface area contributed by atoms with E-state index in [1.807, 2.05) is 24.3 Å². The Morgan fingerprint density at radius 2 is 1.78 bits per heavy atom. The molecule has 0 saturated heterocycles. The second-order valence-electron chi connectivity index (χ2n) is 6.10. The van der Waals surface area contributed by atoms with E-state index in [1.165, 1.54) is 12.1 Å². The van der Waals surface area contributed by atoms with E-state index in [4.69, 9.17) is 10.5 Å². The summed E-state index contributed by atoms with van der Waals surface area (Å²) in [7, 11) is 0. The van der Waals surface area contributed by atoms with Crippen molar-refractivity contribution in [2.75, 3.05) is 16.8 Å². The van der Waals surface area contributed by atoms with Crippen LogP contribution in [-0.4, -0.2) is 6.54 Å². The van der Waals surface area contributed by atoms with E-state index >= 15 is 0 Å². The Bertz CT molecular complexity index is 948. The van der Waals surface area contributed by atoms with Gasteiger partial charge < -0.3 is 10.2 Å². The van der Waals surface area contributed by atoms with E-state index in [0.717, 1.165) is 23.4 Å². The van der Waals surface area contributed by atoms with Gasteiger partial charge in [-0.25, -0.2) is 0 Å². The van der Waals surface area contributed by atoms with Crippen molar-refractivity contribution in [3.05, 3.63) is 70.9 Å². The SMILES string of the molecule is N#CC(C#N)=CNc1ccc(N2CCc3ccccc3C2)c(C(F)(F)F)c1. The van der Waals surface area contributed by atoms with Crippen LogP contribution in [0.25, 0.3) is 0 Å². The summed E-state index contributed by atoms with van der Waals surface area (Å²) in [4.78, 5) is 1.72. The Labute approximate surface area is 154 Å². The van der Waals surface area contributed by atoms with Gasteiger partial charge in [-0.2, -0.15) is 23.7 Å². The van der Waals surface area contributed by atoms with Gasteiger partial charge in [-0.1, -0.05) is 24.3 Å². The van der Waals surface area contributed by atoms with Crippen LogP contribution < -0.4 is 10.2 Å². The summed E-state index contributed by atoms with van der Waals surface area (Å²) in [5.74, 6) is 0. The number of rotatable bonds is 3. The Morgan fingerprint density at radius 3 is 2.44 bits per heavy atom. The smallest absolute Gasteiger partial charge is 0.366 e. The maximum atomic E-state index is 13.6. The number of halogens is 3. The van der Waals surface area contributed by atoms with E-state index < -0.39 is 11.7 Å². The molecule has 4 nitrogen and oxygen atoms in total. The van der Waals surface area contributed by atoms with Gasteiger partial charge in [0, 0.05) is 30.7 Å². The number of anilines is 2. The molecule has 2 aromatic carbocycles. The largest absolute Gasteiger partial charge is 0.418 e. The summed E-state index contributed by atoms with van der Waals surface area (Å²) in [6, 6.07) is 15.0. The van der Waals surface area contributed by atoms with E-state index in [9.17, 15) is 13.2 Å². The fraction of sp³-hybridized carbons (Fsp3) is 0.200. The van der Waals surface area contributed by atoms with Crippen molar-refractivity contribution in [3.63, 3.8) is 0 Å². The van der Waals surface area contributed by atoms with E-state index in [2.05, 4.69) is 5.32 Å². The molecule has 27 heavy (non-hydrogen) atoms. The van der Waals surface area contributed by atoms with Crippen LogP contribution in [0.1, 0.15) is 16.7 Å². The highest BCUT2D eigenvalue weighted by Crippen LogP contribution is 2.39. The number of nitrogens with zero attached hydrogens (tertiary/aromatic N) is 3. The third-order valence-corrected chi connectivity index (χ3v) is 4.40. The van der Waals surface area contributed by atoms with Gasteiger partial charge in [0.1, 0.15) is 17.7 Å². The van der Waals surface area contributed by atoms with Crippen LogP contribution in [0.3, 0.4) is 0 Å². The van der Waals surface area contributed by atoms with Gasteiger partial charge in [0.2, 0.25) is 0 Å². The van der Waals surface area contributed by atoms with Gasteiger partial charge in [-0.15, -0.1) is 0 Å². The molecule has 0 radical (unpaired) electrons. The minimum absolute atomic E-state index is 0.118. The first-order chi connectivity index (χ1) is 12.9. The number of fused-ring (bicyclic) bond motifs is 1. The number of allylic oxidation sites excluding steroid dienone is 1. The number of nitriles is 2. The van der Waals surface area contributed by atoms with Crippen molar-refractivity contribution in [1.29, 1.82) is 10.5 Å². The van der Waals surface area contributed by atoms with Crippen LogP contribution in [0.2, 0.25) is 0 Å². The fourth-order valence-corrected chi connectivity index (χ4v) is 3.08. The molecule has 7 heteroatoms. The molecule has 1 N–H and O–H groups in total. The normalized spacial score (nSPS) is 13.1. The van der Waals surface area contributed by atoms with E-state index in [0.29, 0.717) is 19.5 Å². The maximum Gasteiger partial charge on any atom is 0.418 e. The summed E-state index contributed by atoms with van der Waals surface area (Å²) in [6.07, 6.45) is -2.75. The quantitative estimate of drug-likeness (QED) is 0.804. The zero-order valence-electron chi connectivity index (χ0n) is 14.2. The lowest BCUT2D eigenvalue weighted by Gasteiger charge is -2.32. The molecule has 0 atom stereocenters. The third kappa shape index (κ3) is 4.04. The van der Waals surface area contributed by atoms with Crippen LogP contribution in [0.5, 0.6) is 0 Å². The third-order valence-electron chi connectivity index (χ3n) is 4.40. The predicted octanol–water partition coefficient (Wildman–Crippen LogP) is 4.61. The summed E-state index contributed by atoms with van der Waals surface area (Å²) in [5, 5.41) is 20.0. The molecular formula is C20H15F3N4. The molecule has 0 amide bonds. The van der Waals surface area contributed by atoms with E-state index in [1.54, 1.807) is 17.0 Å². The van der Waals surface area contributed by atoms with Crippen LogP contribution in [-0.2, 0) is 19.1 Å². The molecule has 0 fully saturated rings. The fourth-order valence-electron chi connectivity index (χ4n) is 3.08. The van der Waals surface area contributed by atoms with E-state index in [-0.39, 0.29) is 16.9 Å². The van der Waals surface area contributed by atoms with Gasteiger partial charge in [-0.3, -0.25) is 0 Å². The molecule has 0 saturated carbocycles. The standard InChI is InChI=1S/C20H15F3N4/c21-20(22,23)18-9-17(26-12-14(10-24)11-25)5-6-19(18)27-8-7-15-3-1-2-4-16(15)13-27/h1-6,9,12,26H,7-8,13H2. The molecule has 0 bridgehead atoms. The number of alkyl halides is 3. The zero-order chi connectivity index (χ0) is 19.4. The number of nitrogens with one attached hydrogen (secondary N) is 1. The van der Waals surface area contributed by atoms with Crippen LogP contribution in [0, 0.1) is 22.7 Å². The molecule has 1 heterocycles. The predicted molar refractivity (Wildman–Crippen MR) is 95.6 cm³/mol. The Balaban J connectivity index is 1.93. The highest BCUT2D eigenvalue weighted by molar-refractivity contribution is 5.64. The van der Waals surface area contributed by atoms with Crippen LogP contribution in [0.4, 0.5) is 24.5 Å². The summed E-state index contributed by atoms with van der Waals surface area (Å²) in [5.41, 5.74) is 1.48.